The molecule has 1 amide bonds. The summed E-state index contributed by atoms with van der Waals surface area (Å²) in [5.41, 5.74) is 2.66. The molecule has 29 heavy (non-hydrogen) atoms. The van der Waals surface area contributed by atoms with Crippen LogP contribution in [-0.4, -0.2) is 50.5 Å². The van der Waals surface area contributed by atoms with Crippen LogP contribution in [0.4, 0.5) is 0 Å². The Balaban J connectivity index is 1.62. The number of nitrogens with one attached hydrogen (secondary N) is 1. The highest BCUT2D eigenvalue weighted by Gasteiger charge is 2.39. The number of thiazole rings is 1. The third-order valence-electron chi connectivity index (χ3n) is 5.24. The molecule has 2 atom stereocenters. The molecule has 0 aromatic carbocycles. The molecule has 1 saturated heterocycles. The van der Waals surface area contributed by atoms with Crippen molar-refractivity contribution in [2.75, 3.05) is 13.7 Å². The standard InChI is InChI=1S/C21H25N5O2S/c1-4-6-18-24-13(2)19(29-18)21(27)26-12-15(28-3)9-17(26)20-23-11-16(25-20)14-7-5-8-22-10-14/h5,7-8,10-11,15,17H,4,6,9,12H2,1-3H3,(H,23,25)/t15-,17+/m0/s1. The summed E-state index contributed by atoms with van der Waals surface area (Å²) in [5.74, 6) is 0.777. The summed E-state index contributed by atoms with van der Waals surface area (Å²) in [6.45, 7) is 4.58. The molecule has 4 rings (SSSR count). The van der Waals surface area contributed by atoms with Crippen LogP contribution < -0.4 is 0 Å². The molecule has 3 aromatic rings. The third kappa shape index (κ3) is 3.95. The number of H-pyrrole nitrogens is 1. The number of hydrogen-bond acceptors (Lipinski definition) is 6. The van der Waals surface area contributed by atoms with Crippen molar-refractivity contribution in [3.05, 3.63) is 52.1 Å². The van der Waals surface area contributed by atoms with Crippen LogP contribution in [0.2, 0.25) is 0 Å². The Morgan fingerprint density at radius 2 is 2.28 bits per heavy atom. The van der Waals surface area contributed by atoms with Gasteiger partial charge in [0.1, 0.15) is 10.7 Å². The maximum Gasteiger partial charge on any atom is 0.266 e. The largest absolute Gasteiger partial charge is 0.380 e. The van der Waals surface area contributed by atoms with E-state index in [1.807, 2.05) is 24.0 Å². The average molecular weight is 412 g/mol. The monoisotopic (exact) mass is 411 g/mol. The predicted octanol–water partition coefficient (Wildman–Crippen LogP) is 3.79. The van der Waals surface area contributed by atoms with Gasteiger partial charge in [0.25, 0.3) is 5.91 Å². The van der Waals surface area contributed by atoms with Crippen LogP contribution in [0, 0.1) is 6.92 Å². The summed E-state index contributed by atoms with van der Waals surface area (Å²) < 4.78 is 5.59. The van der Waals surface area contributed by atoms with Gasteiger partial charge >= 0.3 is 0 Å². The minimum absolute atomic E-state index is 0.00577. The van der Waals surface area contributed by atoms with Crippen LogP contribution in [0.1, 0.15) is 52.0 Å². The van der Waals surface area contributed by atoms with Crippen LogP contribution in [0.5, 0.6) is 0 Å². The number of likely N-dealkylation sites (tertiary alicyclic amines) is 1. The minimum atomic E-state index is -0.158. The van der Waals surface area contributed by atoms with Crippen molar-refractivity contribution in [2.45, 2.75) is 45.3 Å². The number of carbonyl (C=O) groups is 1. The van der Waals surface area contributed by atoms with Gasteiger partial charge in [-0.1, -0.05) is 6.92 Å². The van der Waals surface area contributed by atoms with E-state index in [2.05, 4.69) is 26.9 Å². The molecule has 0 unspecified atom stereocenters. The van der Waals surface area contributed by atoms with E-state index in [0.29, 0.717) is 17.8 Å². The Morgan fingerprint density at radius 1 is 1.41 bits per heavy atom. The van der Waals surface area contributed by atoms with Gasteiger partial charge in [-0.2, -0.15) is 0 Å². The van der Waals surface area contributed by atoms with Gasteiger partial charge in [-0.25, -0.2) is 9.97 Å². The van der Waals surface area contributed by atoms with Crippen LogP contribution in [-0.2, 0) is 11.2 Å². The van der Waals surface area contributed by atoms with Crippen molar-refractivity contribution >= 4 is 17.2 Å². The Kier molecular flexibility index (Phi) is 5.73. The fourth-order valence-electron chi connectivity index (χ4n) is 3.73. The third-order valence-corrected chi connectivity index (χ3v) is 6.44. The van der Waals surface area contributed by atoms with Gasteiger partial charge in [-0.3, -0.25) is 9.78 Å². The first kappa shape index (κ1) is 19.7. The summed E-state index contributed by atoms with van der Waals surface area (Å²) in [5, 5.41) is 1.02. The highest BCUT2D eigenvalue weighted by molar-refractivity contribution is 7.13. The van der Waals surface area contributed by atoms with Gasteiger partial charge in [0.15, 0.2) is 0 Å². The van der Waals surface area contributed by atoms with E-state index >= 15 is 0 Å². The van der Waals surface area contributed by atoms with Gasteiger partial charge in [0, 0.05) is 38.0 Å². The van der Waals surface area contributed by atoms with E-state index in [0.717, 1.165) is 40.6 Å². The molecule has 152 valence electrons. The highest BCUT2D eigenvalue weighted by Crippen LogP contribution is 2.35. The van der Waals surface area contributed by atoms with Gasteiger partial charge in [0.05, 0.1) is 34.7 Å². The second kappa shape index (κ2) is 8.42. The number of methoxy groups -OCH3 is 1. The molecule has 8 heteroatoms. The SMILES string of the molecule is CCCc1nc(C)c(C(=O)N2C[C@@H](OC)C[C@@H]2c2ncc(-c3cccnc3)[nH]2)s1. The number of amides is 1. The lowest BCUT2D eigenvalue weighted by molar-refractivity contribution is 0.0688. The van der Waals surface area contributed by atoms with Crippen LogP contribution in [0.25, 0.3) is 11.3 Å². The summed E-state index contributed by atoms with van der Waals surface area (Å²) >= 11 is 1.51. The Morgan fingerprint density at radius 3 is 3.00 bits per heavy atom. The van der Waals surface area contributed by atoms with E-state index in [9.17, 15) is 4.79 Å². The van der Waals surface area contributed by atoms with E-state index in [1.54, 1.807) is 25.7 Å². The molecule has 1 N–H and O–H groups in total. The summed E-state index contributed by atoms with van der Waals surface area (Å²) in [6, 6.07) is 3.72. The molecular formula is C21H25N5O2S. The molecule has 0 aliphatic carbocycles. The molecular weight excluding hydrogens is 386 g/mol. The number of pyridine rings is 1. The maximum absolute atomic E-state index is 13.4. The molecule has 0 spiro atoms. The molecule has 0 bridgehead atoms. The summed E-state index contributed by atoms with van der Waals surface area (Å²) in [4.78, 5) is 32.7. The zero-order valence-electron chi connectivity index (χ0n) is 16.9. The second-order valence-electron chi connectivity index (χ2n) is 7.26. The van der Waals surface area contributed by atoms with Gasteiger partial charge < -0.3 is 14.6 Å². The first-order valence-corrected chi connectivity index (χ1v) is 10.7. The van der Waals surface area contributed by atoms with Gasteiger partial charge in [0.2, 0.25) is 0 Å². The van der Waals surface area contributed by atoms with Crippen molar-refractivity contribution in [1.82, 2.24) is 24.8 Å². The van der Waals surface area contributed by atoms with Crippen LogP contribution >= 0.6 is 11.3 Å². The Labute approximate surface area is 174 Å². The normalized spacial score (nSPS) is 19.1. The lowest BCUT2D eigenvalue weighted by atomic mass is 10.2. The van der Waals surface area contributed by atoms with Gasteiger partial charge in [-0.15, -0.1) is 11.3 Å². The molecule has 1 aliphatic heterocycles. The van der Waals surface area contributed by atoms with E-state index < -0.39 is 0 Å². The number of rotatable bonds is 6. The van der Waals surface area contributed by atoms with Crippen molar-refractivity contribution in [1.29, 1.82) is 0 Å². The second-order valence-corrected chi connectivity index (χ2v) is 8.35. The predicted molar refractivity (Wildman–Crippen MR) is 112 cm³/mol. The number of hydrogen-bond donors (Lipinski definition) is 1. The molecule has 4 heterocycles. The number of imidazole rings is 1. The highest BCUT2D eigenvalue weighted by atomic mass is 32.1. The zero-order chi connectivity index (χ0) is 20.4. The quantitative estimate of drug-likeness (QED) is 0.667. The number of aryl methyl sites for hydroxylation is 2. The van der Waals surface area contributed by atoms with Crippen LogP contribution in [0.15, 0.2) is 30.7 Å². The number of aromatic nitrogens is 4. The number of ether oxygens (including phenoxy) is 1. The minimum Gasteiger partial charge on any atom is -0.380 e. The Hall–Kier alpha value is -2.58. The smallest absolute Gasteiger partial charge is 0.266 e. The van der Waals surface area contributed by atoms with Crippen molar-refractivity contribution in [2.24, 2.45) is 0 Å². The first-order valence-electron chi connectivity index (χ1n) is 9.86. The first-order chi connectivity index (χ1) is 14.1. The summed E-state index contributed by atoms with van der Waals surface area (Å²) in [6.07, 6.45) is 7.94. The molecule has 7 nitrogen and oxygen atoms in total. The van der Waals surface area contributed by atoms with E-state index in [-0.39, 0.29) is 18.1 Å². The maximum atomic E-state index is 13.4. The molecule has 1 aliphatic rings. The van der Waals surface area contributed by atoms with E-state index in [4.69, 9.17) is 4.74 Å². The Bertz CT molecular complexity index is 984. The number of nitrogens with zero attached hydrogens (tertiary/aromatic N) is 4. The van der Waals surface area contributed by atoms with Gasteiger partial charge in [-0.05, 0) is 31.9 Å². The molecule has 1 fully saturated rings. The number of carbonyl (C=O) groups excluding carboxylic acids is 1. The number of aromatic amines is 1. The molecule has 3 aromatic heterocycles. The lowest BCUT2D eigenvalue weighted by Crippen LogP contribution is -2.32. The topological polar surface area (TPSA) is 84.0 Å². The van der Waals surface area contributed by atoms with Crippen LogP contribution in [0.3, 0.4) is 0 Å². The van der Waals surface area contributed by atoms with Crippen molar-refractivity contribution in [3.8, 4) is 11.3 Å². The molecule has 0 radical (unpaired) electrons. The lowest BCUT2D eigenvalue weighted by Gasteiger charge is -2.22. The average Bonchev–Trinajstić information content (AvgIpc) is 3.46. The summed E-state index contributed by atoms with van der Waals surface area (Å²) in [7, 11) is 1.69. The zero-order valence-corrected chi connectivity index (χ0v) is 17.7. The van der Waals surface area contributed by atoms with E-state index in [1.165, 1.54) is 11.3 Å². The van der Waals surface area contributed by atoms with Crippen molar-refractivity contribution < 1.29 is 9.53 Å². The fourth-order valence-corrected chi connectivity index (χ4v) is 4.85. The van der Waals surface area contributed by atoms with Crippen molar-refractivity contribution in [3.63, 3.8) is 0 Å². The fraction of sp³-hybridized carbons (Fsp3) is 0.429. The molecule has 0 saturated carbocycles.